The van der Waals surface area contributed by atoms with Crippen molar-refractivity contribution in [1.29, 1.82) is 5.26 Å². The number of nitrogens with zero attached hydrogens (tertiary/aromatic N) is 2. The molecule has 0 bridgehead atoms. The second-order valence-corrected chi connectivity index (χ2v) is 8.46. The van der Waals surface area contributed by atoms with Crippen LogP contribution in [-0.4, -0.2) is 49.2 Å². The maximum absolute atomic E-state index is 12.6. The average Bonchev–Trinajstić information content (AvgIpc) is 2.86. The Morgan fingerprint density at radius 2 is 2.30 bits per heavy atom. The highest BCUT2D eigenvalue weighted by atomic mass is 32.2. The first-order valence-corrected chi connectivity index (χ1v) is 8.33. The van der Waals surface area contributed by atoms with E-state index >= 15 is 0 Å². The van der Waals surface area contributed by atoms with Crippen molar-refractivity contribution < 1.29 is 18.3 Å². The van der Waals surface area contributed by atoms with Gasteiger partial charge < -0.3 is 9.84 Å². The zero-order valence-corrected chi connectivity index (χ0v) is 12.9. The number of aliphatic hydroxyl groups is 1. The first-order valence-electron chi connectivity index (χ1n) is 6.07. The summed E-state index contributed by atoms with van der Waals surface area (Å²) in [6, 6.07) is 4.86. The molecule has 0 aromatic carbocycles. The Morgan fingerprint density at radius 3 is 2.85 bits per heavy atom. The van der Waals surface area contributed by atoms with Crippen molar-refractivity contribution >= 4 is 21.4 Å². The van der Waals surface area contributed by atoms with Gasteiger partial charge in [0.05, 0.1) is 18.3 Å². The molecule has 110 valence electrons. The number of thiophene rings is 1. The number of rotatable bonds is 3. The Morgan fingerprint density at radius 1 is 1.60 bits per heavy atom. The summed E-state index contributed by atoms with van der Waals surface area (Å²) < 4.78 is 32.2. The second kappa shape index (κ2) is 5.42. The molecule has 1 aromatic heterocycles. The lowest BCUT2D eigenvalue weighted by Gasteiger charge is -2.41. The summed E-state index contributed by atoms with van der Waals surface area (Å²) in [5, 5.41) is 18.0. The Balaban J connectivity index is 2.31. The lowest BCUT2D eigenvalue weighted by atomic mass is 10.1. The lowest BCUT2D eigenvalue weighted by molar-refractivity contribution is -0.131. The van der Waals surface area contributed by atoms with Crippen molar-refractivity contribution in [3.05, 3.63) is 17.0 Å². The number of sulfonamides is 1. The van der Waals surface area contributed by atoms with Gasteiger partial charge in [0.1, 0.15) is 15.2 Å². The third kappa shape index (κ3) is 3.02. The fraction of sp³-hybridized carbons (Fsp3) is 0.583. The van der Waals surface area contributed by atoms with Gasteiger partial charge in [-0.3, -0.25) is 0 Å². The molecule has 0 amide bonds. The third-order valence-corrected chi connectivity index (χ3v) is 6.21. The largest absolute Gasteiger partial charge is 0.394 e. The van der Waals surface area contributed by atoms with Gasteiger partial charge in [-0.25, -0.2) is 8.42 Å². The van der Waals surface area contributed by atoms with Crippen molar-refractivity contribution in [3.63, 3.8) is 0 Å². The molecule has 1 aliphatic rings. The van der Waals surface area contributed by atoms with Crippen molar-refractivity contribution in [1.82, 2.24) is 4.31 Å². The van der Waals surface area contributed by atoms with Gasteiger partial charge in [0.15, 0.2) is 0 Å². The summed E-state index contributed by atoms with van der Waals surface area (Å²) in [5.74, 6) is 0. The van der Waals surface area contributed by atoms with Gasteiger partial charge in [0, 0.05) is 13.1 Å². The van der Waals surface area contributed by atoms with Gasteiger partial charge in [-0.2, -0.15) is 9.57 Å². The molecule has 8 heteroatoms. The maximum atomic E-state index is 12.6. The Bertz CT molecular complexity index is 630. The topological polar surface area (TPSA) is 90.6 Å². The molecule has 0 aliphatic carbocycles. The highest BCUT2D eigenvalue weighted by molar-refractivity contribution is 7.91. The van der Waals surface area contributed by atoms with E-state index in [9.17, 15) is 13.5 Å². The molecule has 6 nitrogen and oxygen atoms in total. The first-order chi connectivity index (χ1) is 9.28. The predicted molar refractivity (Wildman–Crippen MR) is 73.8 cm³/mol. The minimum absolute atomic E-state index is 0.113. The molecular formula is C12H16N2O4S2. The van der Waals surface area contributed by atoms with Crippen LogP contribution in [0.1, 0.15) is 18.7 Å². The van der Waals surface area contributed by atoms with Gasteiger partial charge in [0.25, 0.3) is 10.0 Å². The quantitative estimate of drug-likeness (QED) is 0.890. The summed E-state index contributed by atoms with van der Waals surface area (Å²) in [6.07, 6.45) is -0.538. The fourth-order valence-electron chi connectivity index (χ4n) is 2.17. The third-order valence-electron chi connectivity index (χ3n) is 2.94. The van der Waals surface area contributed by atoms with Gasteiger partial charge in [-0.1, -0.05) is 0 Å². The van der Waals surface area contributed by atoms with Gasteiger partial charge in [0.2, 0.25) is 0 Å². The molecule has 1 N–H and O–H groups in total. The predicted octanol–water partition coefficient (Wildman–Crippen LogP) is 0.780. The smallest absolute Gasteiger partial charge is 0.252 e. The van der Waals surface area contributed by atoms with Crippen LogP contribution >= 0.6 is 11.3 Å². The lowest BCUT2D eigenvalue weighted by Crippen LogP contribution is -2.55. The molecule has 0 spiro atoms. The molecule has 1 atom stereocenters. The van der Waals surface area contributed by atoms with Crippen molar-refractivity contribution in [2.75, 3.05) is 19.7 Å². The average molecular weight is 316 g/mol. The van der Waals surface area contributed by atoms with Crippen LogP contribution in [0.5, 0.6) is 0 Å². The van der Waals surface area contributed by atoms with Crippen LogP contribution < -0.4 is 0 Å². The van der Waals surface area contributed by atoms with E-state index in [1.807, 2.05) is 6.07 Å². The highest BCUT2D eigenvalue weighted by Gasteiger charge is 2.39. The van der Waals surface area contributed by atoms with Crippen molar-refractivity contribution in [2.24, 2.45) is 0 Å². The van der Waals surface area contributed by atoms with Crippen LogP contribution in [0.3, 0.4) is 0 Å². The zero-order valence-electron chi connectivity index (χ0n) is 11.2. The summed E-state index contributed by atoms with van der Waals surface area (Å²) in [7, 11) is -3.66. The summed E-state index contributed by atoms with van der Waals surface area (Å²) in [4.78, 5) is 0.356. The van der Waals surface area contributed by atoms with E-state index in [2.05, 4.69) is 0 Å². The van der Waals surface area contributed by atoms with Crippen LogP contribution in [0.4, 0.5) is 0 Å². The molecule has 20 heavy (non-hydrogen) atoms. The van der Waals surface area contributed by atoms with Crippen LogP contribution in [0.25, 0.3) is 0 Å². The number of ether oxygens (including phenoxy) is 1. The van der Waals surface area contributed by atoms with Gasteiger partial charge >= 0.3 is 0 Å². The fourth-order valence-corrected chi connectivity index (χ4v) is 5.05. The molecule has 1 unspecified atom stereocenters. The standard InChI is InChI=1S/C12H16N2O4S2/c1-12(2)8-14(6-9(7-15)18-12)20(16,17)11-4-3-10(5-13)19-11/h3-4,9,15H,6-8H2,1-2H3. The van der Waals surface area contributed by atoms with Crippen LogP contribution in [0.2, 0.25) is 0 Å². The second-order valence-electron chi connectivity index (χ2n) is 5.21. The number of nitriles is 1. The van der Waals surface area contributed by atoms with Crippen molar-refractivity contribution in [3.8, 4) is 6.07 Å². The van der Waals surface area contributed by atoms with Crippen molar-refractivity contribution in [2.45, 2.75) is 29.8 Å². The first kappa shape index (κ1) is 15.4. The summed E-state index contributed by atoms with van der Waals surface area (Å²) >= 11 is 0.948. The molecule has 1 aromatic rings. The van der Waals surface area contributed by atoms with Crippen LogP contribution in [0.15, 0.2) is 16.3 Å². The minimum atomic E-state index is -3.66. The van der Waals surface area contributed by atoms with E-state index in [4.69, 9.17) is 10.00 Å². The number of morpholine rings is 1. The SMILES string of the molecule is CC1(C)CN(S(=O)(=O)c2ccc(C#N)s2)CC(CO)O1. The molecule has 0 radical (unpaired) electrons. The molecular weight excluding hydrogens is 300 g/mol. The Hall–Kier alpha value is -0.980. The molecule has 2 rings (SSSR count). The Kier molecular flexibility index (Phi) is 4.18. The normalized spacial score (nSPS) is 23.4. The molecule has 0 saturated carbocycles. The van der Waals surface area contributed by atoms with E-state index < -0.39 is 21.7 Å². The summed E-state index contributed by atoms with van der Waals surface area (Å²) in [5.41, 5.74) is -0.659. The molecule has 2 heterocycles. The number of hydrogen-bond donors (Lipinski definition) is 1. The van der Waals surface area contributed by atoms with Gasteiger partial charge in [-0.05, 0) is 26.0 Å². The molecule has 1 saturated heterocycles. The Labute approximate surface area is 122 Å². The van der Waals surface area contributed by atoms with E-state index in [0.29, 0.717) is 4.88 Å². The monoisotopic (exact) mass is 316 g/mol. The number of aliphatic hydroxyl groups excluding tert-OH is 1. The van der Waals surface area contributed by atoms with E-state index in [0.717, 1.165) is 11.3 Å². The number of hydrogen-bond acceptors (Lipinski definition) is 6. The van der Waals surface area contributed by atoms with Crippen LogP contribution in [0, 0.1) is 11.3 Å². The summed E-state index contributed by atoms with van der Waals surface area (Å²) in [6.45, 7) is 3.66. The maximum Gasteiger partial charge on any atom is 0.252 e. The van der Waals surface area contributed by atoms with E-state index in [-0.39, 0.29) is 23.9 Å². The molecule has 1 fully saturated rings. The van der Waals surface area contributed by atoms with E-state index in [1.165, 1.54) is 16.4 Å². The van der Waals surface area contributed by atoms with E-state index in [1.54, 1.807) is 13.8 Å². The zero-order chi connectivity index (χ0) is 15.0. The highest BCUT2D eigenvalue weighted by Crippen LogP contribution is 2.29. The van der Waals surface area contributed by atoms with Gasteiger partial charge in [-0.15, -0.1) is 11.3 Å². The van der Waals surface area contributed by atoms with Crippen LogP contribution in [-0.2, 0) is 14.8 Å². The minimum Gasteiger partial charge on any atom is -0.394 e. The molecule has 1 aliphatic heterocycles.